The zero-order valence-electron chi connectivity index (χ0n) is 11.1. The Balaban J connectivity index is 2.15. The van der Waals surface area contributed by atoms with E-state index in [1.54, 1.807) is 13.2 Å². The summed E-state index contributed by atoms with van der Waals surface area (Å²) in [5, 5.41) is 9.64. The summed E-state index contributed by atoms with van der Waals surface area (Å²) in [5.74, 6) is 1.40. The summed E-state index contributed by atoms with van der Waals surface area (Å²) in [7, 11) is 1.62. The zero-order chi connectivity index (χ0) is 14.4. The first-order chi connectivity index (χ1) is 9.76. The van der Waals surface area contributed by atoms with Gasteiger partial charge in [-0.2, -0.15) is 5.26 Å². The van der Waals surface area contributed by atoms with E-state index in [1.165, 1.54) is 0 Å². The molecule has 2 aromatic carbocycles. The zero-order valence-corrected chi connectivity index (χ0v) is 12.7. The Labute approximate surface area is 126 Å². The highest BCUT2D eigenvalue weighted by molar-refractivity contribution is 9.08. The second-order valence-electron chi connectivity index (χ2n) is 4.22. The third kappa shape index (κ3) is 3.52. The first-order valence-corrected chi connectivity index (χ1v) is 7.23. The van der Waals surface area contributed by atoms with Crippen molar-refractivity contribution in [2.75, 3.05) is 7.11 Å². The molecule has 0 heterocycles. The minimum atomic E-state index is 0.400. The molecule has 0 aliphatic rings. The monoisotopic (exact) mass is 331 g/mol. The Bertz CT molecular complexity index is 635. The van der Waals surface area contributed by atoms with Gasteiger partial charge in [-0.3, -0.25) is 0 Å². The maximum Gasteiger partial charge on any atom is 0.161 e. The highest BCUT2D eigenvalue weighted by Crippen LogP contribution is 2.29. The maximum absolute atomic E-state index is 8.88. The van der Waals surface area contributed by atoms with Gasteiger partial charge in [0, 0.05) is 5.33 Å². The Morgan fingerprint density at radius 2 is 1.95 bits per heavy atom. The fourth-order valence-electron chi connectivity index (χ4n) is 1.81. The second kappa shape index (κ2) is 6.97. The highest BCUT2D eigenvalue weighted by Gasteiger charge is 2.06. The van der Waals surface area contributed by atoms with E-state index in [0.717, 1.165) is 16.5 Å². The molecular formula is C16H14BrNO2. The summed E-state index contributed by atoms with van der Waals surface area (Å²) in [6.07, 6.45) is 0. The number of benzene rings is 2. The first-order valence-electron chi connectivity index (χ1n) is 6.11. The van der Waals surface area contributed by atoms with E-state index in [-0.39, 0.29) is 0 Å². The van der Waals surface area contributed by atoms with E-state index < -0.39 is 0 Å². The summed E-state index contributed by atoms with van der Waals surface area (Å²) >= 11 is 3.42. The van der Waals surface area contributed by atoms with Crippen molar-refractivity contribution in [1.82, 2.24) is 0 Å². The van der Waals surface area contributed by atoms with Crippen molar-refractivity contribution >= 4 is 15.9 Å². The molecule has 0 fully saturated rings. The molecule has 0 aliphatic carbocycles. The number of methoxy groups -OCH3 is 1. The lowest BCUT2D eigenvalue weighted by molar-refractivity contribution is 0.284. The molecule has 2 rings (SSSR count). The summed E-state index contributed by atoms with van der Waals surface area (Å²) in [6.45, 7) is 0.400. The van der Waals surface area contributed by atoms with Crippen LogP contribution in [0.15, 0.2) is 42.5 Å². The predicted octanol–water partition coefficient (Wildman–Crippen LogP) is 4.04. The second-order valence-corrected chi connectivity index (χ2v) is 4.78. The number of hydrogen-bond acceptors (Lipinski definition) is 3. The normalized spacial score (nSPS) is 9.85. The molecule has 2 aromatic rings. The summed E-state index contributed by atoms with van der Waals surface area (Å²) in [5.41, 5.74) is 2.70. The number of hydrogen-bond donors (Lipinski definition) is 0. The van der Waals surface area contributed by atoms with Crippen molar-refractivity contribution in [1.29, 1.82) is 5.26 Å². The number of alkyl halides is 1. The topological polar surface area (TPSA) is 42.2 Å². The summed E-state index contributed by atoms with van der Waals surface area (Å²) in [4.78, 5) is 0. The molecule has 0 aromatic heterocycles. The largest absolute Gasteiger partial charge is 0.493 e. The molecule has 0 spiro atoms. The van der Waals surface area contributed by atoms with Gasteiger partial charge >= 0.3 is 0 Å². The van der Waals surface area contributed by atoms with Gasteiger partial charge in [0.15, 0.2) is 11.5 Å². The van der Waals surface area contributed by atoms with Crippen LogP contribution in [0.2, 0.25) is 0 Å². The van der Waals surface area contributed by atoms with Crippen LogP contribution in [0.25, 0.3) is 0 Å². The third-order valence-corrected chi connectivity index (χ3v) is 3.48. The van der Waals surface area contributed by atoms with Crippen LogP contribution in [0, 0.1) is 11.3 Å². The van der Waals surface area contributed by atoms with E-state index in [1.807, 2.05) is 36.4 Å². The van der Waals surface area contributed by atoms with Crippen molar-refractivity contribution in [2.24, 2.45) is 0 Å². The van der Waals surface area contributed by atoms with Gasteiger partial charge in [-0.25, -0.2) is 0 Å². The molecule has 0 radical (unpaired) electrons. The smallest absolute Gasteiger partial charge is 0.161 e. The number of nitriles is 1. The van der Waals surface area contributed by atoms with Crippen LogP contribution in [0.1, 0.15) is 16.7 Å². The van der Waals surface area contributed by atoms with Gasteiger partial charge in [0.2, 0.25) is 0 Å². The molecule has 4 heteroatoms. The van der Waals surface area contributed by atoms with Gasteiger partial charge in [-0.15, -0.1) is 0 Å². The van der Waals surface area contributed by atoms with Gasteiger partial charge < -0.3 is 9.47 Å². The lowest BCUT2D eigenvalue weighted by Crippen LogP contribution is -1.98. The average Bonchev–Trinajstić information content (AvgIpc) is 2.52. The lowest BCUT2D eigenvalue weighted by Gasteiger charge is -2.12. The molecule has 0 amide bonds. The Hall–Kier alpha value is -1.99. The van der Waals surface area contributed by atoms with E-state index in [9.17, 15) is 0 Å². The van der Waals surface area contributed by atoms with E-state index in [0.29, 0.717) is 23.7 Å². The Morgan fingerprint density at radius 1 is 1.10 bits per heavy atom. The van der Waals surface area contributed by atoms with Crippen molar-refractivity contribution in [3.05, 3.63) is 59.2 Å². The van der Waals surface area contributed by atoms with Crippen LogP contribution in [0.4, 0.5) is 0 Å². The quantitative estimate of drug-likeness (QED) is 0.776. The van der Waals surface area contributed by atoms with Crippen molar-refractivity contribution in [3.63, 3.8) is 0 Å². The SMILES string of the molecule is COc1ccc(CBr)cc1OCc1cccc(C#N)c1. The van der Waals surface area contributed by atoms with Gasteiger partial charge in [0.25, 0.3) is 0 Å². The van der Waals surface area contributed by atoms with Crippen LogP contribution < -0.4 is 9.47 Å². The molecule has 0 atom stereocenters. The van der Waals surface area contributed by atoms with Crippen LogP contribution >= 0.6 is 15.9 Å². The average molecular weight is 332 g/mol. The van der Waals surface area contributed by atoms with E-state index >= 15 is 0 Å². The van der Waals surface area contributed by atoms with Crippen molar-refractivity contribution in [2.45, 2.75) is 11.9 Å². The lowest BCUT2D eigenvalue weighted by atomic mass is 10.1. The maximum atomic E-state index is 8.88. The molecular weight excluding hydrogens is 318 g/mol. The van der Waals surface area contributed by atoms with Gasteiger partial charge in [-0.05, 0) is 35.4 Å². The Morgan fingerprint density at radius 3 is 2.65 bits per heavy atom. The molecule has 3 nitrogen and oxygen atoms in total. The van der Waals surface area contributed by atoms with E-state index in [4.69, 9.17) is 14.7 Å². The van der Waals surface area contributed by atoms with Crippen LogP contribution in [-0.4, -0.2) is 7.11 Å². The van der Waals surface area contributed by atoms with Crippen LogP contribution in [0.5, 0.6) is 11.5 Å². The number of ether oxygens (including phenoxy) is 2. The van der Waals surface area contributed by atoms with Gasteiger partial charge in [0.1, 0.15) is 6.61 Å². The molecule has 0 bridgehead atoms. The van der Waals surface area contributed by atoms with Crippen molar-refractivity contribution in [3.8, 4) is 17.6 Å². The van der Waals surface area contributed by atoms with Gasteiger partial charge in [0.05, 0.1) is 18.7 Å². The Kier molecular flexibility index (Phi) is 5.03. The standard InChI is InChI=1S/C16H14BrNO2/c1-19-15-6-5-12(9-17)8-16(15)20-11-14-4-2-3-13(7-14)10-18/h2-8H,9,11H2,1H3. The first kappa shape index (κ1) is 14.4. The molecule has 0 aliphatic heterocycles. The minimum Gasteiger partial charge on any atom is -0.493 e. The fraction of sp³-hybridized carbons (Fsp3) is 0.188. The van der Waals surface area contributed by atoms with E-state index in [2.05, 4.69) is 22.0 Å². The summed E-state index contributed by atoms with van der Waals surface area (Å²) < 4.78 is 11.1. The summed E-state index contributed by atoms with van der Waals surface area (Å²) in [6, 6.07) is 15.3. The molecule has 0 N–H and O–H groups in total. The number of halogens is 1. The highest BCUT2D eigenvalue weighted by atomic mass is 79.9. The minimum absolute atomic E-state index is 0.400. The van der Waals surface area contributed by atoms with Crippen LogP contribution in [-0.2, 0) is 11.9 Å². The molecule has 102 valence electrons. The number of nitrogens with zero attached hydrogens (tertiary/aromatic N) is 1. The molecule has 0 saturated heterocycles. The predicted molar refractivity (Wildman–Crippen MR) is 81.1 cm³/mol. The third-order valence-electron chi connectivity index (χ3n) is 2.83. The van der Waals surface area contributed by atoms with Crippen molar-refractivity contribution < 1.29 is 9.47 Å². The van der Waals surface area contributed by atoms with Crippen LogP contribution in [0.3, 0.4) is 0 Å². The molecule has 20 heavy (non-hydrogen) atoms. The molecule has 0 unspecified atom stereocenters. The molecule has 0 saturated carbocycles. The fourth-order valence-corrected chi connectivity index (χ4v) is 2.16. The number of rotatable bonds is 5. The van der Waals surface area contributed by atoms with Gasteiger partial charge in [-0.1, -0.05) is 34.1 Å².